The molecule has 1 saturated carbocycles. The molecule has 1 heterocycles. The third-order valence-corrected chi connectivity index (χ3v) is 2.83. The number of furan rings is 1. The Morgan fingerprint density at radius 2 is 2.26 bits per heavy atom. The smallest absolute Gasteiger partial charge is 0.404 e. The van der Waals surface area contributed by atoms with Crippen molar-refractivity contribution in [3.05, 3.63) is 28.0 Å². The third kappa shape index (κ3) is 4.70. The van der Waals surface area contributed by atoms with E-state index in [4.69, 9.17) is 4.42 Å². The normalized spacial score (nSPS) is 14.3. The molecule has 1 aliphatic rings. The van der Waals surface area contributed by atoms with Crippen molar-refractivity contribution >= 4 is 11.8 Å². The molecule has 0 atom stereocenters. The van der Waals surface area contributed by atoms with Gasteiger partial charge in [-0.05, 0) is 31.9 Å². The molecule has 0 saturated heterocycles. The molecule has 7 heteroatoms. The second-order valence-electron chi connectivity index (χ2n) is 4.62. The minimum atomic E-state index is -0.564. The van der Waals surface area contributed by atoms with Crippen molar-refractivity contribution in [2.45, 2.75) is 38.3 Å². The molecule has 0 aromatic carbocycles. The van der Waals surface area contributed by atoms with Gasteiger partial charge in [-0.1, -0.05) is 0 Å². The molecule has 1 aromatic heterocycles. The van der Waals surface area contributed by atoms with Crippen molar-refractivity contribution in [3.63, 3.8) is 0 Å². The molecule has 1 aliphatic carbocycles. The standard InChI is InChI=1S/C12H17N3O4/c16-11(14-9-3-4-9)2-1-7-13-8-10-5-6-12(19-10)15(17)18/h5-6,9,13H,1-4,7-8H2,(H,14,16). The molecule has 0 radical (unpaired) electrons. The molecule has 1 aromatic rings. The molecule has 7 nitrogen and oxygen atoms in total. The Morgan fingerprint density at radius 1 is 1.47 bits per heavy atom. The zero-order chi connectivity index (χ0) is 13.7. The first kappa shape index (κ1) is 13.5. The maximum Gasteiger partial charge on any atom is 0.433 e. The summed E-state index contributed by atoms with van der Waals surface area (Å²) in [6, 6.07) is 3.31. The van der Waals surface area contributed by atoms with E-state index in [9.17, 15) is 14.9 Å². The number of hydrogen-bond acceptors (Lipinski definition) is 5. The Balaban J connectivity index is 1.55. The molecule has 104 valence electrons. The Kier molecular flexibility index (Phi) is 4.51. The second kappa shape index (κ2) is 6.33. The fourth-order valence-electron chi connectivity index (χ4n) is 1.67. The molecule has 0 aliphatic heterocycles. The molecule has 1 fully saturated rings. The van der Waals surface area contributed by atoms with Crippen LogP contribution in [-0.2, 0) is 11.3 Å². The first-order chi connectivity index (χ1) is 9.15. The highest BCUT2D eigenvalue weighted by molar-refractivity contribution is 5.76. The van der Waals surface area contributed by atoms with Gasteiger partial charge in [0.15, 0.2) is 0 Å². The molecular weight excluding hydrogens is 250 g/mol. The summed E-state index contributed by atoms with van der Waals surface area (Å²) in [5.74, 6) is 0.368. The minimum Gasteiger partial charge on any atom is -0.404 e. The molecule has 2 N–H and O–H groups in total. The fourth-order valence-corrected chi connectivity index (χ4v) is 1.67. The third-order valence-electron chi connectivity index (χ3n) is 2.83. The van der Waals surface area contributed by atoms with E-state index in [1.165, 1.54) is 6.07 Å². The average Bonchev–Trinajstić information content (AvgIpc) is 3.04. The van der Waals surface area contributed by atoms with Gasteiger partial charge >= 0.3 is 5.88 Å². The van der Waals surface area contributed by atoms with Crippen molar-refractivity contribution in [1.82, 2.24) is 10.6 Å². The van der Waals surface area contributed by atoms with E-state index in [1.54, 1.807) is 6.07 Å². The topological polar surface area (TPSA) is 97.4 Å². The van der Waals surface area contributed by atoms with E-state index in [1.807, 2.05) is 0 Å². The summed E-state index contributed by atoms with van der Waals surface area (Å²) in [5.41, 5.74) is 0. The van der Waals surface area contributed by atoms with Crippen LogP contribution in [0.25, 0.3) is 0 Å². The summed E-state index contributed by atoms with van der Waals surface area (Å²) in [6.45, 7) is 1.10. The molecule has 2 rings (SSSR count). The lowest BCUT2D eigenvalue weighted by atomic mass is 10.3. The summed E-state index contributed by atoms with van der Waals surface area (Å²) >= 11 is 0. The van der Waals surface area contributed by atoms with Gasteiger partial charge in [0.1, 0.15) is 10.7 Å². The van der Waals surface area contributed by atoms with Crippen molar-refractivity contribution in [3.8, 4) is 0 Å². The monoisotopic (exact) mass is 267 g/mol. The summed E-state index contributed by atoms with van der Waals surface area (Å²) in [5, 5.41) is 16.4. The van der Waals surface area contributed by atoms with Gasteiger partial charge in [-0.2, -0.15) is 0 Å². The number of amides is 1. The number of nitrogens with zero attached hydrogens (tertiary/aromatic N) is 1. The molecular formula is C12H17N3O4. The number of nitro groups is 1. The second-order valence-corrected chi connectivity index (χ2v) is 4.62. The van der Waals surface area contributed by atoms with Crippen LogP contribution in [0.1, 0.15) is 31.4 Å². The highest BCUT2D eigenvalue weighted by Gasteiger charge is 2.22. The van der Waals surface area contributed by atoms with Crippen molar-refractivity contribution in [2.24, 2.45) is 0 Å². The Bertz CT molecular complexity index is 454. The largest absolute Gasteiger partial charge is 0.433 e. The van der Waals surface area contributed by atoms with Gasteiger partial charge in [-0.15, -0.1) is 0 Å². The maximum atomic E-state index is 11.4. The molecule has 19 heavy (non-hydrogen) atoms. The first-order valence-corrected chi connectivity index (χ1v) is 6.38. The van der Waals surface area contributed by atoms with Crippen molar-refractivity contribution in [2.75, 3.05) is 6.54 Å². The van der Waals surface area contributed by atoms with Crippen LogP contribution < -0.4 is 10.6 Å². The van der Waals surface area contributed by atoms with Crippen molar-refractivity contribution < 1.29 is 14.1 Å². The number of carbonyl (C=O) groups is 1. The van der Waals surface area contributed by atoms with E-state index in [2.05, 4.69) is 10.6 Å². The van der Waals surface area contributed by atoms with Crippen LogP contribution >= 0.6 is 0 Å². The minimum absolute atomic E-state index is 0.0953. The predicted molar refractivity (Wildman–Crippen MR) is 67.5 cm³/mol. The van der Waals surface area contributed by atoms with Gasteiger partial charge in [-0.3, -0.25) is 14.9 Å². The first-order valence-electron chi connectivity index (χ1n) is 6.38. The van der Waals surface area contributed by atoms with E-state index in [0.29, 0.717) is 31.3 Å². The van der Waals surface area contributed by atoms with Gasteiger partial charge in [0.25, 0.3) is 0 Å². The lowest BCUT2D eigenvalue weighted by Crippen LogP contribution is -2.26. The maximum absolute atomic E-state index is 11.4. The van der Waals surface area contributed by atoms with Crippen LogP contribution in [0.2, 0.25) is 0 Å². The summed E-state index contributed by atoms with van der Waals surface area (Å²) in [7, 11) is 0. The molecule has 0 bridgehead atoms. The van der Waals surface area contributed by atoms with Crippen molar-refractivity contribution in [1.29, 1.82) is 0 Å². The molecule has 0 spiro atoms. The van der Waals surface area contributed by atoms with E-state index < -0.39 is 4.92 Å². The summed E-state index contributed by atoms with van der Waals surface area (Å²) in [4.78, 5) is 21.2. The number of carbonyl (C=O) groups excluding carboxylic acids is 1. The summed E-state index contributed by atoms with van der Waals surface area (Å²) < 4.78 is 4.99. The lowest BCUT2D eigenvalue weighted by Gasteiger charge is -2.04. The van der Waals surface area contributed by atoms with Crippen LogP contribution in [-0.4, -0.2) is 23.4 Å². The van der Waals surface area contributed by atoms with E-state index in [0.717, 1.165) is 19.3 Å². The SMILES string of the molecule is O=C(CCCNCc1ccc([N+](=O)[O-])o1)NC1CC1. The van der Waals surface area contributed by atoms with Gasteiger partial charge in [-0.25, -0.2) is 0 Å². The summed E-state index contributed by atoms with van der Waals surface area (Å²) in [6.07, 6.45) is 3.44. The zero-order valence-corrected chi connectivity index (χ0v) is 10.6. The number of nitrogens with one attached hydrogen (secondary N) is 2. The zero-order valence-electron chi connectivity index (χ0n) is 10.6. The average molecular weight is 267 g/mol. The Hall–Kier alpha value is -1.89. The fraction of sp³-hybridized carbons (Fsp3) is 0.583. The Morgan fingerprint density at radius 3 is 2.89 bits per heavy atom. The van der Waals surface area contributed by atoms with E-state index >= 15 is 0 Å². The van der Waals surface area contributed by atoms with Crippen LogP contribution in [0, 0.1) is 10.1 Å². The quantitative estimate of drug-likeness (QED) is 0.421. The van der Waals surface area contributed by atoms with Crippen LogP contribution in [0.3, 0.4) is 0 Å². The highest BCUT2D eigenvalue weighted by Crippen LogP contribution is 2.18. The van der Waals surface area contributed by atoms with Crippen LogP contribution in [0.15, 0.2) is 16.5 Å². The van der Waals surface area contributed by atoms with Gasteiger partial charge in [0.05, 0.1) is 12.6 Å². The van der Waals surface area contributed by atoms with Gasteiger partial charge in [0, 0.05) is 12.5 Å². The Labute approximate surface area is 110 Å². The number of hydrogen-bond donors (Lipinski definition) is 2. The lowest BCUT2D eigenvalue weighted by molar-refractivity contribution is -0.402. The van der Waals surface area contributed by atoms with Gasteiger partial charge in [0.2, 0.25) is 5.91 Å². The van der Waals surface area contributed by atoms with Gasteiger partial charge < -0.3 is 15.1 Å². The highest BCUT2D eigenvalue weighted by atomic mass is 16.6. The number of rotatable bonds is 8. The van der Waals surface area contributed by atoms with Crippen LogP contribution in [0.5, 0.6) is 0 Å². The van der Waals surface area contributed by atoms with Crippen LogP contribution in [0.4, 0.5) is 5.88 Å². The molecule has 1 amide bonds. The molecule has 0 unspecified atom stereocenters. The predicted octanol–water partition coefficient (Wildman–Crippen LogP) is 1.34. The van der Waals surface area contributed by atoms with E-state index in [-0.39, 0.29) is 11.8 Å².